The van der Waals surface area contributed by atoms with Crippen molar-refractivity contribution in [2.24, 2.45) is 23.3 Å². The number of hydrogen-bond acceptors (Lipinski definition) is 15. The molecule has 25 heteroatoms. The highest BCUT2D eigenvalue weighted by atomic mass is 32.2. The Morgan fingerprint density at radius 1 is 0.641 bits per heavy atom. The Morgan fingerprint density at radius 2 is 1.22 bits per heavy atom. The summed E-state index contributed by atoms with van der Waals surface area (Å²) >= 11 is 2.87. The predicted octanol–water partition coefficient (Wildman–Crippen LogP) is 0.300. The van der Waals surface area contributed by atoms with Crippen molar-refractivity contribution in [3.63, 3.8) is 0 Å². The first kappa shape index (κ1) is 65.9. The third kappa shape index (κ3) is 22.1. The van der Waals surface area contributed by atoms with Gasteiger partial charge in [-0.05, 0) is 110 Å². The number of carboxylic acid groups (broad SMARTS) is 1. The number of aromatic amines is 1. The zero-order chi connectivity index (χ0) is 57.9. The quantitative estimate of drug-likeness (QED) is 0.0348. The molecule has 0 unspecified atom stereocenters. The van der Waals surface area contributed by atoms with Crippen LogP contribution in [0.5, 0.6) is 5.75 Å². The minimum absolute atomic E-state index is 0.0180. The summed E-state index contributed by atoms with van der Waals surface area (Å²) in [7, 11) is 0. The van der Waals surface area contributed by atoms with Crippen LogP contribution in [0.2, 0.25) is 0 Å². The van der Waals surface area contributed by atoms with Crippen LogP contribution in [0.1, 0.15) is 83.8 Å². The van der Waals surface area contributed by atoms with Gasteiger partial charge in [-0.3, -0.25) is 38.4 Å². The SMILES string of the molecule is CC[C@H](C)[C@H](NC(=O)[C@H](CC(C)C)NC(=O)[C@@H](N)CCSC)C(=O)N[C@@H](Cc1ccc(O)cc1)C(=O)N[C@@H](CO)C(=O)N[C@@H](CCSC)C(=O)N[C@@H](Cc1c[nH]c2ccccc12)C(=O)NCC(=O)N[C@@H](CCCCN)C(=O)O. The molecule has 3 aromatic rings. The number of thioether (sulfide) groups is 2. The molecule has 3 rings (SSSR count). The van der Waals surface area contributed by atoms with Crippen LogP contribution in [0.25, 0.3) is 10.9 Å². The maximum absolute atomic E-state index is 14.3. The first-order valence-corrected chi connectivity index (χ1v) is 28.9. The third-order valence-electron chi connectivity index (χ3n) is 12.9. The van der Waals surface area contributed by atoms with Gasteiger partial charge >= 0.3 is 5.97 Å². The number of carbonyl (C=O) groups excluding carboxylic acids is 8. The van der Waals surface area contributed by atoms with Crippen LogP contribution >= 0.6 is 23.5 Å². The molecule has 1 aromatic heterocycles. The molecule has 0 fully saturated rings. The summed E-state index contributed by atoms with van der Waals surface area (Å²) in [4.78, 5) is 126. The number of aromatic hydroxyl groups is 1. The van der Waals surface area contributed by atoms with E-state index in [1.54, 1.807) is 32.4 Å². The molecular weight excluding hydrogens is 1050 g/mol. The predicted molar refractivity (Wildman–Crippen MR) is 301 cm³/mol. The van der Waals surface area contributed by atoms with E-state index in [1.165, 1.54) is 47.8 Å². The number of aliphatic hydroxyl groups excluding tert-OH is 1. The number of nitrogens with two attached hydrogens (primary N) is 2. The van der Waals surface area contributed by atoms with Gasteiger partial charge in [-0.15, -0.1) is 0 Å². The Kier molecular flexibility index (Phi) is 29.1. The molecule has 2 aromatic carbocycles. The van der Waals surface area contributed by atoms with Crippen molar-refractivity contribution in [2.45, 2.75) is 134 Å². The maximum atomic E-state index is 14.3. The van der Waals surface area contributed by atoms with Crippen molar-refractivity contribution >= 4 is 87.7 Å². The van der Waals surface area contributed by atoms with Crippen molar-refractivity contribution in [3.8, 4) is 5.75 Å². The Bertz CT molecular complexity index is 2450. The largest absolute Gasteiger partial charge is 0.508 e. The zero-order valence-electron chi connectivity index (χ0n) is 45.4. The Labute approximate surface area is 464 Å². The number of nitrogens with one attached hydrogen (secondary N) is 9. The number of aliphatic hydroxyl groups is 1. The van der Waals surface area contributed by atoms with Gasteiger partial charge in [-0.25, -0.2) is 4.79 Å². The molecule has 0 bridgehead atoms. The fourth-order valence-corrected chi connectivity index (χ4v) is 9.14. The van der Waals surface area contributed by atoms with E-state index < -0.39 is 121 Å². The van der Waals surface area contributed by atoms with E-state index in [0.29, 0.717) is 54.9 Å². The Hall–Kier alpha value is -6.41. The monoisotopic (exact) mass is 1130 g/mol. The van der Waals surface area contributed by atoms with Gasteiger partial charge in [0.05, 0.1) is 19.2 Å². The van der Waals surface area contributed by atoms with Crippen LogP contribution in [0.3, 0.4) is 0 Å². The van der Waals surface area contributed by atoms with E-state index in [9.17, 15) is 58.5 Å². The van der Waals surface area contributed by atoms with E-state index in [4.69, 9.17) is 11.5 Å². The number of hydrogen-bond donors (Lipinski definition) is 14. The zero-order valence-corrected chi connectivity index (χ0v) is 47.0. The summed E-state index contributed by atoms with van der Waals surface area (Å²) in [6.07, 6.45) is 7.19. The topological polar surface area (TPSA) is 378 Å². The average molecular weight is 1130 g/mol. The van der Waals surface area contributed by atoms with Crippen LogP contribution < -0.4 is 54.0 Å². The lowest BCUT2D eigenvalue weighted by Crippen LogP contribution is -2.61. The molecule has 0 aliphatic heterocycles. The lowest BCUT2D eigenvalue weighted by Gasteiger charge is -2.29. The van der Waals surface area contributed by atoms with E-state index >= 15 is 0 Å². The summed E-state index contributed by atoms with van der Waals surface area (Å²) in [5.74, 6) is -7.16. The van der Waals surface area contributed by atoms with Gasteiger partial charge in [-0.1, -0.05) is 64.4 Å². The van der Waals surface area contributed by atoms with Crippen molar-refractivity contribution in [2.75, 3.05) is 43.7 Å². The summed E-state index contributed by atoms with van der Waals surface area (Å²) < 4.78 is 0. The van der Waals surface area contributed by atoms with Crippen molar-refractivity contribution in [3.05, 3.63) is 65.9 Å². The molecule has 432 valence electrons. The molecule has 9 atom stereocenters. The molecule has 0 aliphatic carbocycles. The van der Waals surface area contributed by atoms with E-state index in [2.05, 4.69) is 47.5 Å². The van der Waals surface area contributed by atoms with Gasteiger partial charge < -0.3 is 74.3 Å². The minimum atomic E-state index is -1.69. The fourth-order valence-electron chi connectivity index (χ4n) is 8.18. The molecule has 0 saturated heterocycles. The molecule has 0 aliphatic rings. The molecule has 1 heterocycles. The maximum Gasteiger partial charge on any atom is 0.326 e. The number of amides is 8. The lowest BCUT2D eigenvalue weighted by atomic mass is 9.95. The van der Waals surface area contributed by atoms with Crippen LogP contribution in [0.15, 0.2) is 54.7 Å². The number of aromatic nitrogens is 1. The molecule has 0 radical (unpaired) electrons. The number of para-hydroxylation sites is 1. The van der Waals surface area contributed by atoms with Crippen LogP contribution in [0.4, 0.5) is 0 Å². The highest BCUT2D eigenvalue weighted by molar-refractivity contribution is 7.98. The number of fused-ring (bicyclic) bond motifs is 1. The number of phenolic OH excluding ortho intramolecular Hbond substituents is 1. The Morgan fingerprint density at radius 3 is 1.85 bits per heavy atom. The van der Waals surface area contributed by atoms with Crippen molar-refractivity contribution < 1.29 is 58.5 Å². The van der Waals surface area contributed by atoms with Crippen LogP contribution in [-0.4, -0.2) is 166 Å². The van der Waals surface area contributed by atoms with E-state index in [1.807, 2.05) is 38.3 Å². The second kappa shape index (κ2) is 34.5. The highest BCUT2D eigenvalue weighted by Crippen LogP contribution is 2.20. The smallest absolute Gasteiger partial charge is 0.326 e. The normalized spacial score (nSPS) is 14.7. The summed E-state index contributed by atoms with van der Waals surface area (Å²) in [6, 6.07) is 2.86. The van der Waals surface area contributed by atoms with Gasteiger partial charge in [0.1, 0.15) is 48.0 Å². The van der Waals surface area contributed by atoms with Crippen LogP contribution in [0, 0.1) is 11.8 Å². The first-order chi connectivity index (χ1) is 37.2. The van der Waals surface area contributed by atoms with Gasteiger partial charge in [0.15, 0.2) is 0 Å². The lowest BCUT2D eigenvalue weighted by molar-refractivity contribution is -0.142. The summed E-state index contributed by atoms with van der Waals surface area (Å²) in [6.45, 7) is 6.03. The van der Waals surface area contributed by atoms with Gasteiger partial charge in [0, 0.05) is 29.9 Å². The average Bonchev–Trinajstić information content (AvgIpc) is 3.84. The molecular formula is C53H81N11O12S2. The number of carbonyl (C=O) groups is 9. The fraction of sp³-hybridized carbons (Fsp3) is 0.566. The second-order valence-corrected chi connectivity index (χ2v) is 21.5. The van der Waals surface area contributed by atoms with Crippen molar-refractivity contribution in [1.82, 2.24) is 47.5 Å². The number of aliphatic carboxylic acids is 1. The number of rotatable bonds is 36. The molecule has 78 heavy (non-hydrogen) atoms. The Balaban J connectivity index is 1.88. The van der Waals surface area contributed by atoms with Gasteiger partial charge in [0.2, 0.25) is 47.3 Å². The van der Waals surface area contributed by atoms with Crippen molar-refractivity contribution in [1.29, 1.82) is 0 Å². The second-order valence-electron chi connectivity index (χ2n) is 19.6. The van der Waals surface area contributed by atoms with Crippen LogP contribution in [-0.2, 0) is 56.0 Å². The number of H-pyrrole nitrogens is 1. The molecule has 8 amide bonds. The highest BCUT2D eigenvalue weighted by Gasteiger charge is 2.36. The number of carboxylic acids is 1. The molecule has 16 N–H and O–H groups in total. The number of benzene rings is 2. The standard InChI is InChI=1S/C53H81N11O12S2/c1-7-31(4)45(64-50(72)40(24-30(2)3)60-46(68)36(55)19-22-77-5)52(74)62-41(25-32-15-17-34(66)18-16-32)49(71)63-43(29-65)51(73)59-38(20-23-78-6)48(70)61-42(26-33-27-56-37-13-9-8-12-35(33)37)47(69)57-28-44(67)58-39(53(75)76)14-10-11-21-54/h8-9,12-13,15-18,27,30-31,36,38-43,45,56,65-66H,7,10-11,14,19-26,28-29,54-55H2,1-6H3,(H,57,69)(H,58,67)(H,59,73)(H,60,68)(H,61,70)(H,62,74)(H,63,71)(H,64,72)(H,75,76)/t31-,36-,38-,39-,40-,41-,42-,43-,45-/m0/s1. The summed E-state index contributed by atoms with van der Waals surface area (Å²) in [5.41, 5.74) is 13.5. The van der Waals surface area contributed by atoms with Gasteiger partial charge in [0.25, 0.3) is 0 Å². The van der Waals surface area contributed by atoms with E-state index in [-0.39, 0.29) is 43.8 Å². The number of unbranched alkanes of at least 4 members (excludes halogenated alkanes) is 1. The first-order valence-electron chi connectivity index (χ1n) is 26.2. The summed E-state index contributed by atoms with van der Waals surface area (Å²) in [5, 5.41) is 51.8. The molecule has 23 nitrogen and oxygen atoms in total. The molecule has 0 spiro atoms. The molecule has 0 saturated carbocycles. The van der Waals surface area contributed by atoms with E-state index in [0.717, 1.165) is 10.9 Å². The minimum Gasteiger partial charge on any atom is -0.508 e. The van der Waals surface area contributed by atoms with Gasteiger partial charge in [-0.2, -0.15) is 23.5 Å². The number of phenols is 1. The third-order valence-corrected chi connectivity index (χ3v) is 14.2.